The van der Waals surface area contributed by atoms with Crippen LogP contribution in [0.25, 0.3) is 10.9 Å². The highest BCUT2D eigenvalue weighted by Crippen LogP contribution is 2.30. The molecule has 1 atom stereocenters. The van der Waals surface area contributed by atoms with Crippen molar-refractivity contribution in [2.24, 2.45) is 0 Å². The van der Waals surface area contributed by atoms with E-state index in [2.05, 4.69) is 43.5 Å². The standard InChI is InChI=1S/C15H18Cl2N2S/c1-9(19-20-15(2,3)4)12-8-10-7-11(16)5-6-13(10)18-14(12)17/h5-9,19H,1-4H3/t9-/m0/s1. The van der Waals surface area contributed by atoms with Crippen LogP contribution < -0.4 is 4.72 Å². The molecular weight excluding hydrogens is 311 g/mol. The van der Waals surface area contributed by atoms with Gasteiger partial charge in [0.05, 0.1) is 5.52 Å². The molecule has 0 aliphatic rings. The molecule has 0 aliphatic heterocycles. The summed E-state index contributed by atoms with van der Waals surface area (Å²) in [4.78, 5) is 4.44. The van der Waals surface area contributed by atoms with Gasteiger partial charge in [0.15, 0.2) is 0 Å². The van der Waals surface area contributed by atoms with Crippen LogP contribution in [-0.4, -0.2) is 9.73 Å². The topological polar surface area (TPSA) is 24.9 Å². The minimum atomic E-state index is 0.114. The highest BCUT2D eigenvalue weighted by Gasteiger charge is 2.16. The zero-order chi connectivity index (χ0) is 14.9. The van der Waals surface area contributed by atoms with E-state index >= 15 is 0 Å². The number of halogens is 2. The molecule has 0 saturated carbocycles. The predicted molar refractivity (Wildman–Crippen MR) is 90.7 cm³/mol. The van der Waals surface area contributed by atoms with Crippen LogP contribution in [-0.2, 0) is 0 Å². The van der Waals surface area contributed by atoms with Crippen molar-refractivity contribution in [3.8, 4) is 0 Å². The molecule has 2 aromatic rings. The molecule has 5 heteroatoms. The Bertz CT molecular complexity index is 623. The molecule has 0 spiro atoms. The largest absolute Gasteiger partial charge is 0.256 e. The Morgan fingerprint density at radius 2 is 1.90 bits per heavy atom. The molecule has 2 nitrogen and oxygen atoms in total. The Balaban J connectivity index is 2.31. The van der Waals surface area contributed by atoms with Gasteiger partial charge in [0.25, 0.3) is 0 Å². The summed E-state index contributed by atoms with van der Waals surface area (Å²) in [6.07, 6.45) is 0. The smallest absolute Gasteiger partial charge is 0.134 e. The van der Waals surface area contributed by atoms with Crippen molar-refractivity contribution in [3.05, 3.63) is 40.0 Å². The van der Waals surface area contributed by atoms with Gasteiger partial charge in [0.1, 0.15) is 5.15 Å². The average molecular weight is 329 g/mol. The van der Waals surface area contributed by atoms with Crippen molar-refractivity contribution in [2.45, 2.75) is 38.5 Å². The van der Waals surface area contributed by atoms with Gasteiger partial charge in [-0.15, -0.1) is 0 Å². The average Bonchev–Trinajstić information content (AvgIpc) is 2.35. The maximum atomic E-state index is 6.29. The summed E-state index contributed by atoms with van der Waals surface area (Å²) in [5.41, 5.74) is 1.84. The van der Waals surface area contributed by atoms with E-state index in [1.807, 2.05) is 18.2 Å². The van der Waals surface area contributed by atoms with Gasteiger partial charge in [0.2, 0.25) is 0 Å². The molecule has 0 aliphatic carbocycles. The lowest BCUT2D eigenvalue weighted by Gasteiger charge is -2.22. The first kappa shape index (κ1) is 15.9. The minimum absolute atomic E-state index is 0.114. The number of nitrogens with one attached hydrogen (secondary N) is 1. The Hall–Kier alpha value is -0.480. The van der Waals surface area contributed by atoms with Gasteiger partial charge in [-0.2, -0.15) is 0 Å². The Labute approximate surface area is 134 Å². The van der Waals surface area contributed by atoms with Crippen molar-refractivity contribution < 1.29 is 0 Å². The fourth-order valence-corrected chi connectivity index (χ4v) is 2.92. The van der Waals surface area contributed by atoms with Crippen LogP contribution in [0.3, 0.4) is 0 Å². The van der Waals surface area contributed by atoms with E-state index in [0.29, 0.717) is 10.2 Å². The Kier molecular flexibility index (Phi) is 4.85. The highest BCUT2D eigenvalue weighted by molar-refractivity contribution is 7.98. The first-order chi connectivity index (χ1) is 9.26. The quantitative estimate of drug-likeness (QED) is 0.583. The zero-order valence-electron chi connectivity index (χ0n) is 12.0. The Morgan fingerprint density at radius 3 is 2.55 bits per heavy atom. The lowest BCUT2D eigenvalue weighted by Crippen LogP contribution is -2.20. The van der Waals surface area contributed by atoms with Crippen molar-refractivity contribution in [1.29, 1.82) is 0 Å². The number of nitrogens with zero attached hydrogens (tertiary/aromatic N) is 1. The van der Waals surface area contributed by atoms with Gasteiger partial charge >= 0.3 is 0 Å². The van der Waals surface area contributed by atoms with E-state index in [1.165, 1.54) is 0 Å². The molecule has 0 amide bonds. The number of hydrogen-bond acceptors (Lipinski definition) is 3. The van der Waals surface area contributed by atoms with E-state index in [1.54, 1.807) is 11.9 Å². The molecule has 0 unspecified atom stereocenters. The number of rotatable bonds is 3. The third-order valence-corrected chi connectivity index (χ3v) is 4.39. The Morgan fingerprint density at radius 1 is 1.20 bits per heavy atom. The van der Waals surface area contributed by atoms with Crippen molar-refractivity contribution >= 4 is 46.1 Å². The van der Waals surface area contributed by atoms with Crippen LogP contribution in [0.1, 0.15) is 39.3 Å². The van der Waals surface area contributed by atoms with Crippen molar-refractivity contribution in [2.75, 3.05) is 0 Å². The summed E-state index contributed by atoms with van der Waals surface area (Å²) in [6, 6.07) is 7.78. The van der Waals surface area contributed by atoms with Crippen LogP contribution in [0.15, 0.2) is 24.3 Å². The molecule has 1 aromatic heterocycles. The SMILES string of the molecule is C[C@H](NSC(C)(C)C)c1cc2cc(Cl)ccc2nc1Cl. The van der Waals surface area contributed by atoms with E-state index < -0.39 is 0 Å². The molecule has 20 heavy (non-hydrogen) atoms. The second-order valence-corrected chi connectivity index (χ2v) is 8.22. The van der Waals surface area contributed by atoms with E-state index in [0.717, 1.165) is 16.5 Å². The predicted octanol–water partition coefficient (Wildman–Crippen LogP) is 5.64. The molecule has 108 valence electrons. The lowest BCUT2D eigenvalue weighted by molar-refractivity contribution is 0.723. The summed E-state index contributed by atoms with van der Waals surface area (Å²) >= 11 is 14.0. The molecular formula is C15H18Cl2N2S. The lowest BCUT2D eigenvalue weighted by atomic mass is 10.1. The zero-order valence-corrected chi connectivity index (χ0v) is 14.3. The van der Waals surface area contributed by atoms with Crippen LogP contribution >= 0.6 is 35.1 Å². The number of aromatic nitrogens is 1. The van der Waals surface area contributed by atoms with Crippen LogP contribution in [0.5, 0.6) is 0 Å². The molecule has 2 rings (SSSR count). The summed E-state index contributed by atoms with van der Waals surface area (Å²) in [5.74, 6) is 0. The highest BCUT2D eigenvalue weighted by atomic mass is 35.5. The fraction of sp³-hybridized carbons (Fsp3) is 0.400. The van der Waals surface area contributed by atoms with Crippen molar-refractivity contribution in [1.82, 2.24) is 9.71 Å². The van der Waals surface area contributed by atoms with Gasteiger partial charge in [-0.05, 0) is 52.0 Å². The number of benzene rings is 1. The van der Waals surface area contributed by atoms with Gasteiger partial charge in [-0.25, -0.2) is 4.98 Å². The second-order valence-electron chi connectivity index (χ2n) is 5.76. The third-order valence-electron chi connectivity index (χ3n) is 2.77. The van der Waals surface area contributed by atoms with Gasteiger partial charge in [0, 0.05) is 26.8 Å². The minimum Gasteiger partial charge on any atom is -0.256 e. The first-order valence-corrected chi connectivity index (χ1v) is 8.03. The summed E-state index contributed by atoms with van der Waals surface area (Å²) in [7, 11) is 0. The number of fused-ring (bicyclic) bond motifs is 1. The van der Waals surface area contributed by atoms with Crippen LogP contribution in [0.2, 0.25) is 10.2 Å². The van der Waals surface area contributed by atoms with Gasteiger partial charge < -0.3 is 0 Å². The molecule has 0 fully saturated rings. The molecule has 0 saturated heterocycles. The second kappa shape index (κ2) is 6.10. The maximum Gasteiger partial charge on any atom is 0.134 e. The van der Waals surface area contributed by atoms with Gasteiger partial charge in [-0.1, -0.05) is 35.1 Å². The van der Waals surface area contributed by atoms with Gasteiger partial charge in [-0.3, -0.25) is 4.72 Å². The molecule has 0 bridgehead atoms. The molecule has 1 heterocycles. The van der Waals surface area contributed by atoms with Crippen LogP contribution in [0, 0.1) is 0 Å². The summed E-state index contributed by atoms with van der Waals surface area (Å²) in [6.45, 7) is 8.57. The third kappa shape index (κ3) is 4.01. The van der Waals surface area contributed by atoms with E-state index in [-0.39, 0.29) is 10.8 Å². The van der Waals surface area contributed by atoms with Crippen molar-refractivity contribution in [3.63, 3.8) is 0 Å². The van der Waals surface area contributed by atoms with E-state index in [9.17, 15) is 0 Å². The number of hydrogen-bond donors (Lipinski definition) is 1. The normalized spacial score (nSPS) is 13.7. The molecule has 1 N–H and O–H groups in total. The fourth-order valence-electron chi connectivity index (χ4n) is 1.77. The molecule has 0 radical (unpaired) electrons. The molecule has 1 aromatic carbocycles. The number of pyridine rings is 1. The summed E-state index contributed by atoms with van der Waals surface area (Å²) < 4.78 is 3.57. The van der Waals surface area contributed by atoms with E-state index in [4.69, 9.17) is 23.2 Å². The van der Waals surface area contributed by atoms with Crippen LogP contribution in [0.4, 0.5) is 0 Å². The summed E-state index contributed by atoms with van der Waals surface area (Å²) in [5, 5.41) is 2.25. The monoisotopic (exact) mass is 328 g/mol. The maximum absolute atomic E-state index is 6.29. The first-order valence-electron chi connectivity index (χ1n) is 6.45.